The van der Waals surface area contributed by atoms with Gasteiger partial charge in [0, 0.05) is 44.5 Å². The van der Waals surface area contributed by atoms with Gasteiger partial charge in [0.1, 0.15) is 0 Å². The molecule has 30 heavy (non-hydrogen) atoms. The van der Waals surface area contributed by atoms with E-state index in [4.69, 9.17) is 0 Å². The van der Waals surface area contributed by atoms with Crippen LogP contribution >= 0.6 is 22.6 Å². The maximum atomic E-state index is 12.9. The summed E-state index contributed by atoms with van der Waals surface area (Å²) in [6.45, 7) is 4.37. The van der Waals surface area contributed by atoms with Crippen molar-refractivity contribution in [2.24, 2.45) is 0 Å². The lowest BCUT2D eigenvalue weighted by Crippen LogP contribution is -2.14. The van der Waals surface area contributed by atoms with Crippen molar-refractivity contribution >= 4 is 39.9 Å². The number of nitrogens with zero attached hydrogens (tertiary/aromatic N) is 1. The predicted molar refractivity (Wildman–Crippen MR) is 120 cm³/mol. The van der Waals surface area contributed by atoms with Crippen molar-refractivity contribution in [3.63, 3.8) is 0 Å². The monoisotopic (exact) mass is 525 g/mol. The van der Waals surface area contributed by atoms with E-state index in [1.54, 1.807) is 18.2 Å². The van der Waals surface area contributed by atoms with E-state index in [-0.39, 0.29) is 5.69 Å². The van der Waals surface area contributed by atoms with Gasteiger partial charge in [0.2, 0.25) is 0 Å². The van der Waals surface area contributed by atoms with Gasteiger partial charge < -0.3 is 10.6 Å². The van der Waals surface area contributed by atoms with Crippen LogP contribution in [0.3, 0.4) is 0 Å². The predicted octanol–water partition coefficient (Wildman–Crippen LogP) is 6.19. The Balaban J connectivity index is 1.75. The second-order valence-electron chi connectivity index (χ2n) is 6.83. The molecule has 0 spiro atoms. The number of nitrogens with one attached hydrogen (secondary N) is 2. The zero-order chi connectivity index (χ0) is 21.9. The molecule has 8 heteroatoms. The highest BCUT2D eigenvalue weighted by Crippen LogP contribution is 2.31. The van der Waals surface area contributed by atoms with Gasteiger partial charge in [-0.25, -0.2) is 0 Å². The minimum atomic E-state index is -4.47. The first-order valence-corrected chi connectivity index (χ1v) is 10.2. The molecule has 4 nitrogen and oxygen atoms in total. The van der Waals surface area contributed by atoms with E-state index in [9.17, 15) is 18.0 Å². The molecule has 0 atom stereocenters. The van der Waals surface area contributed by atoms with Crippen LogP contribution in [0.1, 0.15) is 32.7 Å². The zero-order valence-corrected chi connectivity index (χ0v) is 18.4. The second kappa shape index (κ2) is 9.03. The Morgan fingerprint density at radius 2 is 1.87 bits per heavy atom. The number of benzene rings is 2. The third-order valence-corrected chi connectivity index (χ3v) is 5.49. The van der Waals surface area contributed by atoms with Crippen LogP contribution in [-0.4, -0.2) is 10.9 Å². The molecule has 0 saturated heterocycles. The van der Waals surface area contributed by atoms with Gasteiger partial charge in [0.05, 0.1) is 5.56 Å². The van der Waals surface area contributed by atoms with Crippen LogP contribution < -0.4 is 10.6 Å². The quantitative estimate of drug-likeness (QED) is 0.391. The van der Waals surface area contributed by atoms with Crippen molar-refractivity contribution in [3.05, 3.63) is 86.2 Å². The molecule has 3 rings (SSSR count). The van der Waals surface area contributed by atoms with Crippen LogP contribution in [0.5, 0.6) is 0 Å². The average molecular weight is 525 g/mol. The van der Waals surface area contributed by atoms with E-state index in [1.165, 1.54) is 12.1 Å². The molecule has 0 aliphatic heterocycles. The molecular weight excluding hydrogens is 506 g/mol. The number of carbonyl (C=O) groups excluding carboxylic acids is 1. The molecule has 0 saturated carbocycles. The Morgan fingerprint density at radius 1 is 1.10 bits per heavy atom. The molecule has 0 fully saturated rings. The molecule has 0 unspecified atom stereocenters. The van der Waals surface area contributed by atoms with E-state index >= 15 is 0 Å². The first-order chi connectivity index (χ1) is 14.1. The van der Waals surface area contributed by atoms with Crippen molar-refractivity contribution in [2.45, 2.75) is 26.6 Å². The van der Waals surface area contributed by atoms with Crippen LogP contribution in [0.2, 0.25) is 0 Å². The van der Waals surface area contributed by atoms with Gasteiger partial charge >= 0.3 is 6.18 Å². The number of anilines is 2. The highest BCUT2D eigenvalue weighted by Gasteiger charge is 2.30. The highest BCUT2D eigenvalue weighted by molar-refractivity contribution is 14.1. The Kier molecular flexibility index (Phi) is 6.64. The van der Waals surface area contributed by atoms with Gasteiger partial charge in [-0.2, -0.15) is 13.2 Å². The van der Waals surface area contributed by atoms with Gasteiger partial charge in [-0.1, -0.05) is 12.1 Å². The zero-order valence-electron chi connectivity index (χ0n) is 16.3. The topological polar surface area (TPSA) is 54.0 Å². The van der Waals surface area contributed by atoms with E-state index in [2.05, 4.69) is 38.2 Å². The Labute approximate surface area is 186 Å². The minimum Gasteiger partial charge on any atom is -0.381 e. The first-order valence-electron chi connectivity index (χ1n) is 9.07. The summed E-state index contributed by atoms with van der Waals surface area (Å²) in [5.41, 5.74) is 3.30. The lowest BCUT2D eigenvalue weighted by atomic mass is 10.1. The number of aromatic nitrogens is 1. The van der Waals surface area contributed by atoms with E-state index in [0.717, 1.165) is 38.2 Å². The molecule has 2 N–H and O–H groups in total. The van der Waals surface area contributed by atoms with Crippen LogP contribution in [0.4, 0.5) is 24.5 Å². The fraction of sp³-hybridized carbons (Fsp3) is 0.182. The molecule has 156 valence electrons. The molecule has 2 aromatic carbocycles. The first kappa shape index (κ1) is 22.1. The molecule has 3 aromatic rings. The fourth-order valence-corrected chi connectivity index (χ4v) is 3.59. The molecule has 1 aromatic heterocycles. The van der Waals surface area contributed by atoms with E-state index in [1.807, 2.05) is 26.1 Å². The minimum absolute atomic E-state index is 0.0881. The van der Waals surface area contributed by atoms with Crippen LogP contribution in [0.25, 0.3) is 0 Å². The molecule has 1 amide bonds. The second-order valence-corrected chi connectivity index (χ2v) is 8.00. The molecule has 0 bridgehead atoms. The molecular formula is C22H19F3IN3O. The molecule has 0 aliphatic rings. The summed E-state index contributed by atoms with van der Waals surface area (Å²) in [5.74, 6) is -0.482. The van der Waals surface area contributed by atoms with Crippen molar-refractivity contribution in [1.82, 2.24) is 4.98 Å². The highest BCUT2D eigenvalue weighted by atomic mass is 127. The maximum Gasteiger partial charge on any atom is 0.416 e. The van der Waals surface area contributed by atoms with E-state index < -0.39 is 17.6 Å². The van der Waals surface area contributed by atoms with Crippen LogP contribution in [0, 0.1) is 17.4 Å². The molecule has 1 heterocycles. The third-order valence-electron chi connectivity index (χ3n) is 4.48. The van der Waals surface area contributed by atoms with Gasteiger partial charge in [-0.05, 0) is 78.4 Å². The smallest absolute Gasteiger partial charge is 0.381 e. The summed E-state index contributed by atoms with van der Waals surface area (Å²) in [6.07, 6.45) is -2.66. The van der Waals surface area contributed by atoms with Gasteiger partial charge in [0.15, 0.2) is 0 Å². The summed E-state index contributed by atoms with van der Waals surface area (Å²) in [7, 11) is 0. The fourth-order valence-electron chi connectivity index (χ4n) is 2.81. The number of rotatable bonds is 5. The number of carbonyl (C=O) groups is 1. The van der Waals surface area contributed by atoms with E-state index in [0.29, 0.717) is 12.1 Å². The number of alkyl halides is 3. The SMILES string of the molecule is Cc1cc(I)c(CNc2cc(C(=O)Nc3cccc(C(F)(F)F)c3)ccc2C)cn1. The lowest BCUT2D eigenvalue weighted by molar-refractivity contribution is -0.137. The van der Waals surface area contributed by atoms with Crippen molar-refractivity contribution < 1.29 is 18.0 Å². The number of aryl methyl sites for hydroxylation is 2. The normalized spacial score (nSPS) is 11.3. The van der Waals surface area contributed by atoms with Crippen LogP contribution in [0.15, 0.2) is 54.7 Å². The largest absolute Gasteiger partial charge is 0.416 e. The van der Waals surface area contributed by atoms with Crippen LogP contribution in [-0.2, 0) is 12.7 Å². The third kappa shape index (κ3) is 5.50. The summed E-state index contributed by atoms with van der Waals surface area (Å²) < 4.78 is 39.7. The number of halogens is 4. The number of hydrogen-bond acceptors (Lipinski definition) is 3. The Morgan fingerprint density at radius 3 is 2.57 bits per heavy atom. The summed E-state index contributed by atoms with van der Waals surface area (Å²) in [4.78, 5) is 16.9. The summed E-state index contributed by atoms with van der Waals surface area (Å²) >= 11 is 2.25. The van der Waals surface area contributed by atoms with Gasteiger partial charge in [-0.15, -0.1) is 0 Å². The Bertz CT molecular complexity index is 1080. The summed E-state index contributed by atoms with van der Waals surface area (Å²) in [6, 6.07) is 11.7. The van der Waals surface area contributed by atoms with Crippen molar-refractivity contribution in [1.29, 1.82) is 0 Å². The standard InChI is InChI=1S/C22H19F3IN3O/c1-13-6-7-15(9-20(13)28-12-16-11-27-14(2)8-19(16)26)21(30)29-18-5-3-4-17(10-18)22(23,24)25/h3-11,28H,12H2,1-2H3,(H,29,30). The molecule has 0 radical (unpaired) electrons. The molecule has 0 aliphatic carbocycles. The van der Waals surface area contributed by atoms with Gasteiger partial charge in [-0.3, -0.25) is 9.78 Å². The number of pyridine rings is 1. The summed E-state index contributed by atoms with van der Waals surface area (Å²) in [5, 5.41) is 5.83. The lowest BCUT2D eigenvalue weighted by Gasteiger charge is -2.13. The number of amides is 1. The van der Waals surface area contributed by atoms with Crippen molar-refractivity contribution in [2.75, 3.05) is 10.6 Å². The number of hydrogen-bond donors (Lipinski definition) is 2. The maximum absolute atomic E-state index is 12.9. The van der Waals surface area contributed by atoms with Gasteiger partial charge in [0.25, 0.3) is 5.91 Å². The van der Waals surface area contributed by atoms with Crippen molar-refractivity contribution in [3.8, 4) is 0 Å². The average Bonchev–Trinajstić information content (AvgIpc) is 2.68. The Hall–Kier alpha value is -2.62.